The van der Waals surface area contributed by atoms with Gasteiger partial charge in [-0.1, -0.05) is 17.7 Å². The maximum absolute atomic E-state index is 13.0. The van der Waals surface area contributed by atoms with Crippen molar-refractivity contribution in [3.8, 4) is 11.5 Å². The van der Waals surface area contributed by atoms with Gasteiger partial charge in [0.1, 0.15) is 13.2 Å². The van der Waals surface area contributed by atoms with Crippen molar-refractivity contribution >= 4 is 28.4 Å². The summed E-state index contributed by atoms with van der Waals surface area (Å²) in [5, 5.41) is 4.78. The second kappa shape index (κ2) is 10.0. The predicted octanol–water partition coefficient (Wildman–Crippen LogP) is 3.56. The molecule has 0 radical (unpaired) electrons. The SMILES string of the molecule is O=C(CC(c1ccc2c(c1)OCCO2)c1c[nH]c2ccc(Cl)cc12)NCCN1CCOCC1. The quantitative estimate of drug-likeness (QED) is 0.553. The average Bonchev–Trinajstić information content (AvgIpc) is 3.25. The van der Waals surface area contributed by atoms with Crippen LogP contribution in [-0.4, -0.2) is 68.4 Å². The topological polar surface area (TPSA) is 75.8 Å². The predicted molar refractivity (Wildman–Crippen MR) is 127 cm³/mol. The number of rotatable bonds is 7. The number of halogens is 1. The number of ether oxygens (including phenoxy) is 3. The minimum Gasteiger partial charge on any atom is -0.486 e. The van der Waals surface area contributed by atoms with E-state index in [1.54, 1.807) is 0 Å². The van der Waals surface area contributed by atoms with Crippen LogP contribution in [0.3, 0.4) is 0 Å². The molecular formula is C25H28ClN3O4. The highest BCUT2D eigenvalue weighted by molar-refractivity contribution is 6.31. The Morgan fingerprint density at radius 3 is 2.73 bits per heavy atom. The van der Waals surface area contributed by atoms with Gasteiger partial charge in [-0.15, -0.1) is 0 Å². The molecule has 0 spiro atoms. The second-order valence-electron chi connectivity index (χ2n) is 8.40. The summed E-state index contributed by atoms with van der Waals surface area (Å²) in [7, 11) is 0. The molecule has 2 aliphatic rings. The molecular weight excluding hydrogens is 442 g/mol. The highest BCUT2D eigenvalue weighted by Gasteiger charge is 2.24. The number of aromatic amines is 1. The monoisotopic (exact) mass is 469 g/mol. The Labute approximate surface area is 197 Å². The van der Waals surface area contributed by atoms with E-state index in [-0.39, 0.29) is 11.8 Å². The van der Waals surface area contributed by atoms with Crippen LogP contribution in [0, 0.1) is 0 Å². The van der Waals surface area contributed by atoms with Gasteiger partial charge in [-0.2, -0.15) is 0 Å². The molecule has 1 saturated heterocycles. The van der Waals surface area contributed by atoms with Gasteiger partial charge in [0.15, 0.2) is 11.5 Å². The van der Waals surface area contributed by atoms with Crippen molar-refractivity contribution in [1.82, 2.24) is 15.2 Å². The van der Waals surface area contributed by atoms with Gasteiger partial charge in [0.2, 0.25) is 5.91 Å². The van der Waals surface area contributed by atoms with Crippen LogP contribution < -0.4 is 14.8 Å². The first-order valence-corrected chi connectivity index (χ1v) is 11.8. The Morgan fingerprint density at radius 1 is 1.06 bits per heavy atom. The van der Waals surface area contributed by atoms with E-state index in [1.807, 2.05) is 42.6 Å². The number of aromatic nitrogens is 1. The first kappa shape index (κ1) is 22.1. The lowest BCUT2D eigenvalue weighted by Crippen LogP contribution is -2.41. The Morgan fingerprint density at radius 2 is 1.88 bits per heavy atom. The number of carbonyl (C=O) groups excluding carboxylic acids is 1. The van der Waals surface area contributed by atoms with Crippen LogP contribution in [0.15, 0.2) is 42.6 Å². The van der Waals surface area contributed by atoms with Crippen molar-refractivity contribution in [3.05, 3.63) is 58.7 Å². The van der Waals surface area contributed by atoms with E-state index in [9.17, 15) is 4.79 Å². The zero-order valence-corrected chi connectivity index (χ0v) is 19.2. The minimum atomic E-state index is -0.156. The molecule has 3 heterocycles. The van der Waals surface area contributed by atoms with Crippen LogP contribution in [0.1, 0.15) is 23.5 Å². The first-order chi connectivity index (χ1) is 16.2. The van der Waals surface area contributed by atoms with Gasteiger partial charge in [0.25, 0.3) is 0 Å². The number of H-pyrrole nitrogens is 1. The number of nitrogens with zero attached hydrogens (tertiary/aromatic N) is 1. The standard InChI is InChI=1S/C25H28ClN3O4/c26-18-2-3-22-20(14-18)21(16-28-22)19(17-1-4-23-24(13-17)33-12-11-32-23)15-25(30)27-5-6-29-7-9-31-10-8-29/h1-4,13-14,16,19,28H,5-12,15H2,(H,27,30). The van der Waals surface area contributed by atoms with Crippen molar-refractivity contribution in [1.29, 1.82) is 0 Å². The third-order valence-corrected chi connectivity index (χ3v) is 6.50. The molecule has 174 valence electrons. The van der Waals surface area contributed by atoms with Gasteiger partial charge >= 0.3 is 0 Å². The highest BCUT2D eigenvalue weighted by atomic mass is 35.5. The second-order valence-corrected chi connectivity index (χ2v) is 8.83. The zero-order chi connectivity index (χ0) is 22.6. The number of hydrogen-bond acceptors (Lipinski definition) is 5. The van der Waals surface area contributed by atoms with Crippen molar-refractivity contribution in [2.75, 3.05) is 52.6 Å². The number of hydrogen-bond donors (Lipinski definition) is 2. The Bertz CT molecular complexity index is 1130. The molecule has 1 aromatic heterocycles. The highest BCUT2D eigenvalue weighted by Crippen LogP contribution is 2.39. The van der Waals surface area contributed by atoms with E-state index in [1.165, 1.54) is 0 Å². The molecule has 1 fully saturated rings. The number of morpholine rings is 1. The summed E-state index contributed by atoms with van der Waals surface area (Å²) >= 11 is 6.30. The molecule has 0 bridgehead atoms. The fourth-order valence-electron chi connectivity index (χ4n) is 4.52. The third-order valence-electron chi connectivity index (χ3n) is 6.26. The van der Waals surface area contributed by atoms with Gasteiger partial charge in [0.05, 0.1) is 13.2 Å². The molecule has 1 atom stereocenters. The molecule has 1 unspecified atom stereocenters. The summed E-state index contributed by atoms with van der Waals surface area (Å²) in [6, 6.07) is 11.7. The Kier molecular flexibility index (Phi) is 6.71. The lowest BCUT2D eigenvalue weighted by atomic mass is 9.87. The number of benzene rings is 2. The molecule has 7 nitrogen and oxygen atoms in total. The van der Waals surface area contributed by atoms with E-state index in [0.717, 1.165) is 60.6 Å². The van der Waals surface area contributed by atoms with Crippen LogP contribution in [0.25, 0.3) is 10.9 Å². The van der Waals surface area contributed by atoms with Gasteiger partial charge in [-0.05, 0) is 41.5 Å². The molecule has 0 saturated carbocycles. The number of amides is 1. The normalized spacial score (nSPS) is 17.1. The lowest BCUT2D eigenvalue weighted by molar-refractivity contribution is -0.121. The van der Waals surface area contributed by atoms with E-state index in [0.29, 0.717) is 37.0 Å². The van der Waals surface area contributed by atoms with Gasteiger partial charge < -0.3 is 24.5 Å². The van der Waals surface area contributed by atoms with Crippen LogP contribution in [0.2, 0.25) is 5.02 Å². The van der Waals surface area contributed by atoms with E-state index in [2.05, 4.69) is 15.2 Å². The molecule has 2 N–H and O–H groups in total. The van der Waals surface area contributed by atoms with Crippen molar-refractivity contribution in [3.63, 3.8) is 0 Å². The van der Waals surface area contributed by atoms with Crippen LogP contribution in [0.5, 0.6) is 11.5 Å². The summed E-state index contributed by atoms with van der Waals surface area (Å²) < 4.78 is 16.9. The van der Waals surface area contributed by atoms with Crippen molar-refractivity contribution < 1.29 is 19.0 Å². The van der Waals surface area contributed by atoms with Gasteiger partial charge in [0, 0.05) is 60.6 Å². The number of nitrogens with one attached hydrogen (secondary N) is 2. The van der Waals surface area contributed by atoms with E-state index < -0.39 is 0 Å². The van der Waals surface area contributed by atoms with Gasteiger partial charge in [-0.3, -0.25) is 9.69 Å². The summed E-state index contributed by atoms with van der Waals surface area (Å²) in [5.41, 5.74) is 3.03. The lowest BCUT2D eigenvalue weighted by Gasteiger charge is -2.26. The van der Waals surface area contributed by atoms with Crippen LogP contribution in [0.4, 0.5) is 0 Å². The first-order valence-electron chi connectivity index (χ1n) is 11.4. The molecule has 5 rings (SSSR count). The molecule has 0 aliphatic carbocycles. The maximum atomic E-state index is 13.0. The fourth-order valence-corrected chi connectivity index (χ4v) is 4.69. The molecule has 3 aromatic rings. The summed E-state index contributed by atoms with van der Waals surface area (Å²) in [4.78, 5) is 18.6. The molecule has 1 amide bonds. The number of fused-ring (bicyclic) bond motifs is 2. The largest absolute Gasteiger partial charge is 0.486 e. The molecule has 2 aromatic carbocycles. The van der Waals surface area contributed by atoms with Crippen LogP contribution in [-0.2, 0) is 9.53 Å². The van der Waals surface area contributed by atoms with Crippen LogP contribution >= 0.6 is 11.6 Å². The van der Waals surface area contributed by atoms with Gasteiger partial charge in [-0.25, -0.2) is 0 Å². The fraction of sp³-hybridized carbons (Fsp3) is 0.400. The third kappa shape index (κ3) is 5.11. The summed E-state index contributed by atoms with van der Waals surface area (Å²) in [6.07, 6.45) is 2.30. The smallest absolute Gasteiger partial charge is 0.220 e. The van der Waals surface area contributed by atoms with Crippen molar-refractivity contribution in [2.24, 2.45) is 0 Å². The average molecular weight is 470 g/mol. The maximum Gasteiger partial charge on any atom is 0.220 e. The minimum absolute atomic E-state index is 0.0135. The molecule has 2 aliphatic heterocycles. The number of carbonyl (C=O) groups is 1. The van der Waals surface area contributed by atoms with E-state index in [4.69, 9.17) is 25.8 Å². The zero-order valence-electron chi connectivity index (χ0n) is 18.4. The Balaban J connectivity index is 1.38. The Hall–Kier alpha value is -2.74. The van der Waals surface area contributed by atoms with Crippen molar-refractivity contribution in [2.45, 2.75) is 12.3 Å². The summed E-state index contributed by atoms with van der Waals surface area (Å²) in [6.45, 7) is 5.83. The molecule has 33 heavy (non-hydrogen) atoms. The summed E-state index contributed by atoms with van der Waals surface area (Å²) in [5.74, 6) is 1.31. The molecule has 8 heteroatoms. The van der Waals surface area contributed by atoms with E-state index >= 15 is 0 Å².